The molecule has 19 heavy (non-hydrogen) atoms. The summed E-state index contributed by atoms with van der Waals surface area (Å²) in [5.41, 5.74) is 1.53. The van der Waals surface area contributed by atoms with Crippen molar-refractivity contribution in [1.29, 1.82) is 0 Å². The largest absolute Gasteiger partial charge is 0.369 e. The Morgan fingerprint density at radius 2 is 2.11 bits per heavy atom. The van der Waals surface area contributed by atoms with Gasteiger partial charge in [-0.25, -0.2) is 0 Å². The van der Waals surface area contributed by atoms with Crippen molar-refractivity contribution in [2.24, 2.45) is 17.8 Å². The molecule has 2 bridgehead atoms. The van der Waals surface area contributed by atoms with E-state index in [-0.39, 0.29) is 5.91 Å². The lowest BCUT2D eigenvalue weighted by Gasteiger charge is -2.24. The lowest BCUT2D eigenvalue weighted by atomic mass is 9.89. The molecule has 3 heteroatoms. The second kappa shape index (κ2) is 4.78. The molecule has 1 fully saturated rings. The van der Waals surface area contributed by atoms with Crippen LogP contribution in [0.5, 0.6) is 0 Å². The number of carbonyl (C=O) groups excluding carboxylic acids is 1. The van der Waals surface area contributed by atoms with Crippen LogP contribution in [0.4, 0.5) is 0 Å². The number of aliphatic hydroxyl groups excluding tert-OH is 1. The van der Waals surface area contributed by atoms with Gasteiger partial charge in [-0.1, -0.05) is 12.2 Å². The maximum atomic E-state index is 12.0. The Morgan fingerprint density at radius 3 is 2.63 bits per heavy atom. The van der Waals surface area contributed by atoms with Gasteiger partial charge in [-0.05, 0) is 62.9 Å². The molecule has 3 rings (SSSR count). The maximum Gasteiger partial charge on any atom is 0.251 e. The third-order valence-electron chi connectivity index (χ3n) is 5.25. The van der Waals surface area contributed by atoms with Crippen LogP contribution in [0.15, 0.2) is 23.3 Å². The Morgan fingerprint density at radius 1 is 1.32 bits per heavy atom. The summed E-state index contributed by atoms with van der Waals surface area (Å²) in [5, 5.41) is 10.0. The second-order valence-electron chi connectivity index (χ2n) is 6.36. The number of allylic oxidation sites excluding steroid dienone is 2. The Hall–Kier alpha value is -1.09. The van der Waals surface area contributed by atoms with Gasteiger partial charge < -0.3 is 10.0 Å². The molecule has 1 saturated carbocycles. The van der Waals surface area contributed by atoms with Crippen LogP contribution in [0.25, 0.3) is 0 Å². The van der Waals surface area contributed by atoms with Crippen LogP contribution in [-0.4, -0.2) is 28.7 Å². The van der Waals surface area contributed by atoms with Gasteiger partial charge in [0.05, 0.1) is 0 Å². The molecular weight excluding hydrogens is 238 g/mol. The van der Waals surface area contributed by atoms with Crippen molar-refractivity contribution in [1.82, 2.24) is 4.90 Å². The van der Waals surface area contributed by atoms with Gasteiger partial charge in [-0.15, -0.1) is 0 Å². The van der Waals surface area contributed by atoms with Crippen LogP contribution in [-0.2, 0) is 4.79 Å². The number of hydrogen-bond donors (Lipinski definition) is 1. The van der Waals surface area contributed by atoms with Crippen molar-refractivity contribution in [2.45, 2.75) is 45.8 Å². The lowest BCUT2D eigenvalue weighted by molar-refractivity contribution is -0.131. The summed E-state index contributed by atoms with van der Waals surface area (Å²) in [6.07, 6.45) is 8.91. The highest BCUT2D eigenvalue weighted by Gasteiger charge is 2.36. The molecule has 1 heterocycles. The summed E-state index contributed by atoms with van der Waals surface area (Å²) in [7, 11) is 0. The van der Waals surface area contributed by atoms with Crippen molar-refractivity contribution in [3.05, 3.63) is 23.3 Å². The average Bonchev–Trinajstić information content (AvgIpc) is 3.06. The van der Waals surface area contributed by atoms with Gasteiger partial charge in [0, 0.05) is 12.1 Å². The zero-order chi connectivity index (χ0) is 13.6. The fraction of sp³-hybridized carbons (Fsp3) is 0.688. The van der Waals surface area contributed by atoms with E-state index in [1.54, 1.807) is 4.90 Å². The van der Waals surface area contributed by atoms with Gasteiger partial charge >= 0.3 is 0 Å². The minimum atomic E-state index is -0.688. The van der Waals surface area contributed by atoms with Crippen molar-refractivity contribution in [3.8, 4) is 0 Å². The van der Waals surface area contributed by atoms with Crippen LogP contribution in [0.1, 0.15) is 39.5 Å². The summed E-state index contributed by atoms with van der Waals surface area (Å²) < 4.78 is 0. The first kappa shape index (κ1) is 12.9. The van der Waals surface area contributed by atoms with Gasteiger partial charge in [-0.2, -0.15) is 0 Å². The van der Waals surface area contributed by atoms with E-state index in [1.165, 1.54) is 19.3 Å². The van der Waals surface area contributed by atoms with Gasteiger partial charge in [0.1, 0.15) is 0 Å². The Balaban J connectivity index is 1.49. The molecule has 0 saturated heterocycles. The minimum absolute atomic E-state index is 0.0119. The molecular formula is C16H23NO2. The summed E-state index contributed by atoms with van der Waals surface area (Å²) >= 11 is 0. The molecule has 3 nitrogen and oxygen atoms in total. The van der Waals surface area contributed by atoms with Gasteiger partial charge in [0.25, 0.3) is 5.91 Å². The molecule has 1 N–H and O–H groups in total. The minimum Gasteiger partial charge on any atom is -0.369 e. The normalized spacial score (nSPS) is 37.0. The van der Waals surface area contributed by atoms with E-state index in [0.29, 0.717) is 6.54 Å². The lowest BCUT2D eigenvalue weighted by Crippen LogP contribution is -2.36. The number of amides is 1. The van der Waals surface area contributed by atoms with Gasteiger partial charge in [0.2, 0.25) is 0 Å². The molecule has 0 aromatic rings. The third kappa shape index (κ3) is 2.14. The summed E-state index contributed by atoms with van der Waals surface area (Å²) in [4.78, 5) is 13.6. The molecule has 0 aromatic carbocycles. The highest BCUT2D eigenvalue weighted by Crippen LogP contribution is 2.45. The first-order valence-electron chi connectivity index (χ1n) is 7.42. The van der Waals surface area contributed by atoms with E-state index in [4.69, 9.17) is 0 Å². The number of nitrogens with zero attached hydrogens (tertiary/aromatic N) is 1. The fourth-order valence-electron chi connectivity index (χ4n) is 3.90. The molecule has 1 amide bonds. The van der Waals surface area contributed by atoms with E-state index in [2.05, 4.69) is 12.2 Å². The van der Waals surface area contributed by atoms with E-state index < -0.39 is 6.23 Å². The molecule has 0 aromatic heterocycles. The van der Waals surface area contributed by atoms with Crippen LogP contribution in [0.2, 0.25) is 0 Å². The van der Waals surface area contributed by atoms with Crippen molar-refractivity contribution in [2.75, 3.05) is 6.54 Å². The quantitative estimate of drug-likeness (QED) is 0.790. The third-order valence-corrected chi connectivity index (χ3v) is 5.25. The van der Waals surface area contributed by atoms with Gasteiger partial charge in [-0.3, -0.25) is 4.79 Å². The second-order valence-corrected chi connectivity index (χ2v) is 6.36. The smallest absolute Gasteiger partial charge is 0.251 e. The molecule has 1 aliphatic heterocycles. The zero-order valence-electron chi connectivity index (χ0n) is 11.8. The first-order chi connectivity index (χ1) is 9.08. The summed E-state index contributed by atoms with van der Waals surface area (Å²) in [5.74, 6) is 2.42. The monoisotopic (exact) mass is 261 g/mol. The number of aliphatic hydroxyl groups is 1. The molecule has 0 radical (unpaired) electrons. The topological polar surface area (TPSA) is 40.5 Å². The molecule has 0 spiro atoms. The highest BCUT2D eigenvalue weighted by molar-refractivity contribution is 5.96. The Labute approximate surface area is 115 Å². The first-order valence-corrected chi connectivity index (χ1v) is 7.42. The summed E-state index contributed by atoms with van der Waals surface area (Å²) in [6, 6.07) is 0. The zero-order valence-corrected chi connectivity index (χ0v) is 11.8. The van der Waals surface area contributed by atoms with Crippen LogP contribution in [0, 0.1) is 17.8 Å². The highest BCUT2D eigenvalue weighted by atomic mass is 16.3. The molecule has 4 unspecified atom stereocenters. The number of hydrogen-bond acceptors (Lipinski definition) is 2. The Kier molecular flexibility index (Phi) is 3.25. The standard InChI is InChI=1S/C16H23NO2/c1-10-11(2)16(19)17(15(10)18)7-3-4-13-8-12-5-6-14(13)9-12/h5-6,12-15,18H,3-4,7-9H2,1-2H3. The van der Waals surface area contributed by atoms with E-state index in [1.807, 2.05) is 13.8 Å². The summed E-state index contributed by atoms with van der Waals surface area (Å²) in [6.45, 7) is 4.34. The molecule has 104 valence electrons. The van der Waals surface area contributed by atoms with Crippen molar-refractivity contribution < 1.29 is 9.90 Å². The van der Waals surface area contributed by atoms with E-state index in [0.717, 1.165) is 35.3 Å². The number of carbonyl (C=O) groups is 1. The van der Waals surface area contributed by atoms with Crippen molar-refractivity contribution in [3.63, 3.8) is 0 Å². The van der Waals surface area contributed by atoms with Gasteiger partial charge in [0.15, 0.2) is 6.23 Å². The van der Waals surface area contributed by atoms with E-state index >= 15 is 0 Å². The predicted molar refractivity (Wildman–Crippen MR) is 74.2 cm³/mol. The van der Waals surface area contributed by atoms with Crippen molar-refractivity contribution >= 4 is 5.91 Å². The Bertz CT molecular complexity index is 452. The maximum absolute atomic E-state index is 12.0. The molecule has 4 atom stereocenters. The van der Waals surface area contributed by atoms with E-state index in [9.17, 15) is 9.90 Å². The average molecular weight is 261 g/mol. The fourth-order valence-corrected chi connectivity index (χ4v) is 3.90. The molecule has 3 aliphatic rings. The SMILES string of the molecule is CC1=C(C)C(O)N(CCCC2CC3C=CC2C3)C1=O. The molecule has 2 aliphatic carbocycles. The van der Waals surface area contributed by atoms with Crippen LogP contribution in [0.3, 0.4) is 0 Å². The predicted octanol–water partition coefficient (Wildman–Crippen LogP) is 2.48. The number of rotatable bonds is 4. The number of fused-ring (bicyclic) bond motifs is 2. The van der Waals surface area contributed by atoms with Crippen LogP contribution >= 0.6 is 0 Å². The van der Waals surface area contributed by atoms with Crippen LogP contribution < -0.4 is 0 Å².